The highest BCUT2D eigenvalue weighted by Crippen LogP contribution is 2.33. The van der Waals surface area contributed by atoms with Crippen molar-refractivity contribution < 1.29 is 9.18 Å². The number of benzene rings is 1. The minimum atomic E-state index is -0.277. The van der Waals surface area contributed by atoms with Crippen molar-refractivity contribution in [2.24, 2.45) is 0 Å². The molecule has 1 atom stereocenters. The van der Waals surface area contributed by atoms with Crippen molar-refractivity contribution in [2.75, 3.05) is 16.8 Å². The SMILES string of the molecule is CC(=O)N1c2cc(F)c(C)cc2NC[C@@H]1C. The van der Waals surface area contributed by atoms with Crippen LogP contribution in [0.15, 0.2) is 12.1 Å². The molecule has 1 aliphatic rings. The van der Waals surface area contributed by atoms with Crippen LogP contribution in [0.2, 0.25) is 0 Å². The Morgan fingerprint density at radius 2 is 2.25 bits per heavy atom. The fraction of sp³-hybridized carbons (Fsp3) is 0.417. The molecule has 1 aromatic carbocycles. The van der Waals surface area contributed by atoms with Gasteiger partial charge >= 0.3 is 0 Å². The molecule has 1 heterocycles. The van der Waals surface area contributed by atoms with Crippen LogP contribution < -0.4 is 10.2 Å². The van der Waals surface area contributed by atoms with Crippen molar-refractivity contribution in [3.8, 4) is 0 Å². The molecule has 0 radical (unpaired) electrons. The third-order valence-corrected chi connectivity index (χ3v) is 2.90. The van der Waals surface area contributed by atoms with Crippen LogP contribution in [0.4, 0.5) is 15.8 Å². The number of nitrogens with zero attached hydrogens (tertiary/aromatic N) is 1. The van der Waals surface area contributed by atoms with Crippen LogP contribution in [-0.2, 0) is 4.79 Å². The molecular formula is C12H15FN2O. The monoisotopic (exact) mass is 222 g/mol. The predicted octanol–water partition coefficient (Wildman–Crippen LogP) is 2.30. The highest BCUT2D eigenvalue weighted by Gasteiger charge is 2.26. The number of carbonyl (C=O) groups excluding carboxylic acids is 1. The first kappa shape index (κ1) is 10.9. The molecule has 0 aliphatic carbocycles. The second-order valence-corrected chi connectivity index (χ2v) is 4.24. The Hall–Kier alpha value is -1.58. The molecule has 3 nitrogen and oxygen atoms in total. The van der Waals surface area contributed by atoms with E-state index in [1.54, 1.807) is 17.9 Å². The Morgan fingerprint density at radius 1 is 1.56 bits per heavy atom. The number of carbonyl (C=O) groups is 1. The van der Waals surface area contributed by atoms with Gasteiger partial charge in [0.1, 0.15) is 5.82 Å². The maximum Gasteiger partial charge on any atom is 0.224 e. The highest BCUT2D eigenvalue weighted by atomic mass is 19.1. The van der Waals surface area contributed by atoms with E-state index >= 15 is 0 Å². The first-order valence-electron chi connectivity index (χ1n) is 5.34. The van der Waals surface area contributed by atoms with Gasteiger partial charge in [-0.25, -0.2) is 4.39 Å². The van der Waals surface area contributed by atoms with Gasteiger partial charge in [-0.05, 0) is 31.5 Å². The molecule has 4 heteroatoms. The predicted molar refractivity (Wildman–Crippen MR) is 62.2 cm³/mol. The van der Waals surface area contributed by atoms with Crippen molar-refractivity contribution in [2.45, 2.75) is 26.8 Å². The molecule has 1 aliphatic heterocycles. The lowest BCUT2D eigenvalue weighted by atomic mass is 10.1. The smallest absolute Gasteiger partial charge is 0.224 e. The van der Waals surface area contributed by atoms with Crippen molar-refractivity contribution in [3.05, 3.63) is 23.5 Å². The number of amides is 1. The summed E-state index contributed by atoms with van der Waals surface area (Å²) in [6.45, 7) is 5.85. The topological polar surface area (TPSA) is 32.3 Å². The van der Waals surface area contributed by atoms with Crippen molar-refractivity contribution >= 4 is 17.3 Å². The Morgan fingerprint density at radius 3 is 2.88 bits per heavy atom. The molecule has 86 valence electrons. The van der Waals surface area contributed by atoms with E-state index in [9.17, 15) is 9.18 Å². The Kier molecular flexibility index (Phi) is 2.58. The molecule has 2 rings (SSSR count). The van der Waals surface area contributed by atoms with Gasteiger partial charge in [-0.3, -0.25) is 4.79 Å². The first-order valence-corrected chi connectivity index (χ1v) is 5.34. The highest BCUT2D eigenvalue weighted by molar-refractivity contribution is 5.97. The summed E-state index contributed by atoms with van der Waals surface area (Å²) in [5.41, 5.74) is 2.05. The zero-order chi connectivity index (χ0) is 11.9. The van der Waals surface area contributed by atoms with Crippen LogP contribution in [-0.4, -0.2) is 18.5 Å². The van der Waals surface area contributed by atoms with Gasteiger partial charge in [-0.2, -0.15) is 0 Å². The number of halogens is 1. The normalized spacial score (nSPS) is 19.0. The quantitative estimate of drug-likeness (QED) is 0.730. The van der Waals surface area contributed by atoms with E-state index in [0.717, 1.165) is 5.69 Å². The molecule has 0 saturated heterocycles. The number of rotatable bonds is 0. The molecule has 0 saturated carbocycles. The zero-order valence-electron chi connectivity index (χ0n) is 9.67. The van der Waals surface area contributed by atoms with Crippen molar-refractivity contribution in [3.63, 3.8) is 0 Å². The van der Waals surface area contributed by atoms with E-state index < -0.39 is 0 Å². The molecule has 16 heavy (non-hydrogen) atoms. The summed E-state index contributed by atoms with van der Waals surface area (Å²) in [6.07, 6.45) is 0. The second kappa shape index (κ2) is 3.77. The maximum atomic E-state index is 13.5. The molecule has 0 bridgehead atoms. The van der Waals surface area contributed by atoms with Gasteiger partial charge in [0.25, 0.3) is 0 Å². The Labute approximate surface area is 94.3 Å². The molecule has 1 N–H and O–H groups in total. The van der Waals surface area contributed by atoms with Gasteiger partial charge in [-0.1, -0.05) is 0 Å². The number of hydrogen-bond donors (Lipinski definition) is 1. The standard InChI is InChI=1S/C12H15FN2O/c1-7-4-11-12(5-10(7)13)15(9(3)16)8(2)6-14-11/h4-5,8,14H,6H2,1-3H3/t8-/m0/s1. The number of aryl methyl sites for hydroxylation is 1. The van der Waals surface area contributed by atoms with Crippen molar-refractivity contribution in [1.29, 1.82) is 0 Å². The summed E-state index contributed by atoms with van der Waals surface area (Å²) in [5.74, 6) is -0.334. The molecule has 0 spiro atoms. The van der Waals surface area contributed by atoms with E-state index in [2.05, 4.69) is 5.32 Å². The molecular weight excluding hydrogens is 207 g/mol. The lowest BCUT2D eigenvalue weighted by Crippen LogP contribution is -2.45. The van der Waals surface area contributed by atoms with Crippen LogP contribution in [0.3, 0.4) is 0 Å². The molecule has 1 amide bonds. The lowest BCUT2D eigenvalue weighted by Gasteiger charge is -2.35. The van der Waals surface area contributed by atoms with Gasteiger partial charge < -0.3 is 10.2 Å². The van der Waals surface area contributed by atoms with Crippen LogP contribution >= 0.6 is 0 Å². The van der Waals surface area contributed by atoms with Gasteiger partial charge in [0, 0.05) is 13.5 Å². The molecule has 0 aromatic heterocycles. The average Bonchev–Trinajstić information content (AvgIpc) is 2.20. The van der Waals surface area contributed by atoms with E-state index in [1.165, 1.54) is 13.0 Å². The summed E-state index contributed by atoms with van der Waals surface area (Å²) in [7, 11) is 0. The minimum absolute atomic E-state index is 0.0482. The van der Waals surface area contributed by atoms with Crippen LogP contribution in [0.25, 0.3) is 0 Å². The molecule has 1 aromatic rings. The van der Waals surface area contributed by atoms with E-state index in [0.29, 0.717) is 17.8 Å². The summed E-state index contributed by atoms with van der Waals surface area (Å²) in [6, 6.07) is 3.22. The summed E-state index contributed by atoms with van der Waals surface area (Å²) in [5, 5.41) is 3.20. The minimum Gasteiger partial charge on any atom is -0.381 e. The lowest BCUT2D eigenvalue weighted by molar-refractivity contribution is -0.116. The van der Waals surface area contributed by atoms with E-state index in [-0.39, 0.29) is 17.8 Å². The van der Waals surface area contributed by atoms with Crippen LogP contribution in [0, 0.1) is 12.7 Å². The number of hydrogen-bond acceptors (Lipinski definition) is 2. The van der Waals surface area contributed by atoms with Crippen LogP contribution in [0.1, 0.15) is 19.4 Å². The second-order valence-electron chi connectivity index (χ2n) is 4.24. The number of fused-ring (bicyclic) bond motifs is 1. The van der Waals surface area contributed by atoms with Gasteiger partial charge in [0.05, 0.1) is 17.4 Å². The zero-order valence-corrected chi connectivity index (χ0v) is 9.67. The maximum absolute atomic E-state index is 13.5. The fourth-order valence-electron chi connectivity index (χ4n) is 2.08. The van der Waals surface area contributed by atoms with Gasteiger partial charge in [0.15, 0.2) is 0 Å². The van der Waals surface area contributed by atoms with Crippen LogP contribution in [0.5, 0.6) is 0 Å². The largest absolute Gasteiger partial charge is 0.381 e. The third kappa shape index (κ3) is 1.64. The van der Waals surface area contributed by atoms with Crippen molar-refractivity contribution in [1.82, 2.24) is 0 Å². The molecule has 0 unspecified atom stereocenters. The Bertz CT molecular complexity index is 445. The third-order valence-electron chi connectivity index (χ3n) is 2.90. The first-order chi connectivity index (χ1) is 7.50. The number of nitrogens with one attached hydrogen (secondary N) is 1. The van der Waals surface area contributed by atoms with Gasteiger partial charge in [0.2, 0.25) is 5.91 Å². The summed E-state index contributed by atoms with van der Waals surface area (Å²) in [4.78, 5) is 13.2. The number of anilines is 2. The van der Waals surface area contributed by atoms with Gasteiger partial charge in [-0.15, -0.1) is 0 Å². The Balaban J connectivity index is 2.55. The van der Waals surface area contributed by atoms with E-state index in [4.69, 9.17) is 0 Å². The average molecular weight is 222 g/mol. The summed E-state index contributed by atoms with van der Waals surface area (Å²) >= 11 is 0. The molecule has 0 fully saturated rings. The van der Waals surface area contributed by atoms with E-state index in [1.807, 2.05) is 6.92 Å². The fourth-order valence-corrected chi connectivity index (χ4v) is 2.08. The summed E-state index contributed by atoms with van der Waals surface area (Å²) < 4.78 is 13.5.